The maximum atomic E-state index is 5.76. The molecule has 1 saturated heterocycles. The van der Waals surface area contributed by atoms with E-state index in [0.717, 1.165) is 44.1 Å². The Morgan fingerprint density at radius 1 is 1.27 bits per heavy atom. The number of hydrogen-bond acceptors (Lipinski definition) is 6. The van der Waals surface area contributed by atoms with Crippen LogP contribution in [0.5, 0.6) is 0 Å². The van der Waals surface area contributed by atoms with Crippen LogP contribution in [0.2, 0.25) is 0 Å². The van der Waals surface area contributed by atoms with Gasteiger partial charge in [-0.2, -0.15) is 0 Å². The van der Waals surface area contributed by atoms with E-state index < -0.39 is 0 Å². The van der Waals surface area contributed by atoms with Crippen LogP contribution >= 0.6 is 0 Å². The average molecular weight is 304 g/mol. The molecule has 1 N–H and O–H groups in total. The lowest BCUT2D eigenvalue weighted by molar-refractivity contribution is -0.0681. The van der Waals surface area contributed by atoms with Crippen LogP contribution in [-0.4, -0.2) is 62.9 Å². The van der Waals surface area contributed by atoms with Crippen LogP contribution in [0.25, 0.3) is 5.65 Å². The Balaban J connectivity index is 1.40. The maximum absolute atomic E-state index is 5.76. The molecule has 1 aliphatic heterocycles. The van der Waals surface area contributed by atoms with E-state index in [1.165, 1.54) is 6.42 Å². The van der Waals surface area contributed by atoms with E-state index in [1.54, 1.807) is 12.5 Å². The Labute approximate surface area is 130 Å². The zero-order valence-electron chi connectivity index (χ0n) is 13.3. The third kappa shape index (κ3) is 3.72. The largest absolute Gasteiger partial charge is 0.373 e. The van der Waals surface area contributed by atoms with E-state index in [4.69, 9.17) is 4.74 Å². The van der Waals surface area contributed by atoms with Crippen molar-refractivity contribution in [2.24, 2.45) is 0 Å². The summed E-state index contributed by atoms with van der Waals surface area (Å²) in [6.45, 7) is 8.40. The van der Waals surface area contributed by atoms with Crippen molar-refractivity contribution in [3.63, 3.8) is 0 Å². The van der Waals surface area contributed by atoms with Crippen LogP contribution in [0.1, 0.15) is 26.7 Å². The molecule has 7 nitrogen and oxygen atoms in total. The number of fused-ring (bicyclic) bond motifs is 1. The molecular formula is C15H24N6O. The molecule has 0 bridgehead atoms. The molecular weight excluding hydrogens is 280 g/mol. The fraction of sp³-hybridized carbons (Fsp3) is 0.667. The lowest BCUT2D eigenvalue weighted by Crippen LogP contribution is -2.45. The van der Waals surface area contributed by atoms with E-state index in [0.29, 0.717) is 12.2 Å². The number of nitrogens with one attached hydrogen (secondary N) is 1. The normalized spacial score (nSPS) is 23.0. The second-order valence-corrected chi connectivity index (χ2v) is 5.99. The summed E-state index contributed by atoms with van der Waals surface area (Å²) in [5, 5.41) is 11.3. The molecule has 22 heavy (non-hydrogen) atoms. The lowest BCUT2D eigenvalue weighted by Gasteiger charge is -2.35. The van der Waals surface area contributed by atoms with Gasteiger partial charge in [0.15, 0.2) is 5.82 Å². The van der Waals surface area contributed by atoms with Gasteiger partial charge in [-0.15, -0.1) is 10.2 Å². The van der Waals surface area contributed by atoms with Gasteiger partial charge in [-0.3, -0.25) is 9.30 Å². The summed E-state index contributed by atoms with van der Waals surface area (Å²) in [6.07, 6.45) is 8.26. The Kier molecular flexibility index (Phi) is 4.84. The van der Waals surface area contributed by atoms with E-state index in [2.05, 4.69) is 39.2 Å². The summed E-state index contributed by atoms with van der Waals surface area (Å²) in [7, 11) is 0. The van der Waals surface area contributed by atoms with Gasteiger partial charge in [0, 0.05) is 32.0 Å². The van der Waals surface area contributed by atoms with Gasteiger partial charge in [0.25, 0.3) is 0 Å². The van der Waals surface area contributed by atoms with Crippen LogP contribution in [0.3, 0.4) is 0 Å². The van der Waals surface area contributed by atoms with Gasteiger partial charge in [0.1, 0.15) is 6.33 Å². The summed E-state index contributed by atoms with van der Waals surface area (Å²) in [5.74, 6) is 0.800. The highest BCUT2D eigenvalue weighted by molar-refractivity contribution is 5.61. The number of rotatable bonds is 6. The van der Waals surface area contributed by atoms with Crippen molar-refractivity contribution in [3.05, 3.63) is 18.7 Å². The number of ether oxygens (including phenoxy) is 1. The Morgan fingerprint density at radius 2 is 2.09 bits per heavy atom. The van der Waals surface area contributed by atoms with Crippen molar-refractivity contribution >= 4 is 11.5 Å². The standard InChI is InChI=1S/C15H24N6O/c1-12-9-20(10-13(2)22-12)7-4-3-5-16-14-15-19-18-11-21(15)8-6-17-14/h6,8,11-13H,3-5,7,9-10H2,1-2H3,(H,16,17). The molecule has 0 spiro atoms. The number of aromatic nitrogens is 4. The molecule has 0 aliphatic carbocycles. The van der Waals surface area contributed by atoms with Gasteiger partial charge < -0.3 is 10.1 Å². The molecule has 0 saturated carbocycles. The van der Waals surface area contributed by atoms with Crippen LogP contribution in [0.15, 0.2) is 18.7 Å². The number of unbranched alkanes of at least 4 members (excludes halogenated alkanes) is 1. The molecule has 0 amide bonds. The molecule has 1 fully saturated rings. The molecule has 0 radical (unpaired) electrons. The van der Waals surface area contributed by atoms with E-state index in [1.807, 2.05) is 10.6 Å². The topological polar surface area (TPSA) is 67.6 Å². The lowest BCUT2D eigenvalue weighted by atomic mass is 10.2. The number of hydrogen-bond donors (Lipinski definition) is 1. The minimum atomic E-state index is 0.344. The third-order valence-electron chi connectivity index (χ3n) is 3.90. The molecule has 2 aromatic heterocycles. The second kappa shape index (κ2) is 7.02. The summed E-state index contributed by atoms with van der Waals surface area (Å²) in [6, 6.07) is 0. The average Bonchev–Trinajstić information content (AvgIpc) is 2.95. The first kappa shape index (κ1) is 15.2. The SMILES string of the molecule is CC1CN(CCCCNc2nccn3cnnc23)CC(C)O1. The second-order valence-electron chi connectivity index (χ2n) is 5.99. The predicted molar refractivity (Wildman–Crippen MR) is 85.0 cm³/mol. The smallest absolute Gasteiger partial charge is 0.203 e. The molecule has 0 aromatic carbocycles. The maximum Gasteiger partial charge on any atom is 0.203 e. The van der Waals surface area contributed by atoms with Crippen molar-refractivity contribution in [3.8, 4) is 0 Å². The monoisotopic (exact) mass is 304 g/mol. The van der Waals surface area contributed by atoms with Gasteiger partial charge in [0.05, 0.1) is 12.2 Å². The zero-order valence-corrected chi connectivity index (χ0v) is 13.3. The Morgan fingerprint density at radius 3 is 2.91 bits per heavy atom. The Hall–Kier alpha value is -1.73. The first-order chi connectivity index (χ1) is 10.7. The quantitative estimate of drug-likeness (QED) is 0.814. The molecule has 7 heteroatoms. The van der Waals surface area contributed by atoms with E-state index in [9.17, 15) is 0 Å². The van der Waals surface area contributed by atoms with Crippen molar-refractivity contribution in [2.75, 3.05) is 31.5 Å². The van der Waals surface area contributed by atoms with Gasteiger partial charge in [-0.1, -0.05) is 0 Å². The fourth-order valence-electron chi connectivity index (χ4n) is 3.02. The van der Waals surface area contributed by atoms with Gasteiger partial charge in [-0.25, -0.2) is 4.98 Å². The first-order valence-corrected chi connectivity index (χ1v) is 7.98. The highest BCUT2D eigenvalue weighted by Crippen LogP contribution is 2.12. The predicted octanol–water partition coefficient (Wildman–Crippen LogP) is 1.43. The Bertz CT molecular complexity index is 590. The van der Waals surface area contributed by atoms with Crippen LogP contribution in [0, 0.1) is 0 Å². The van der Waals surface area contributed by atoms with Crippen LogP contribution in [0.4, 0.5) is 5.82 Å². The van der Waals surface area contributed by atoms with Crippen molar-refractivity contribution < 1.29 is 4.74 Å². The molecule has 2 unspecified atom stereocenters. The molecule has 3 heterocycles. The van der Waals surface area contributed by atoms with Gasteiger partial charge in [-0.05, 0) is 33.2 Å². The van der Waals surface area contributed by atoms with E-state index in [-0.39, 0.29) is 0 Å². The molecule has 3 rings (SSSR count). The van der Waals surface area contributed by atoms with E-state index >= 15 is 0 Å². The summed E-state index contributed by atoms with van der Waals surface area (Å²) in [5.41, 5.74) is 0.776. The summed E-state index contributed by atoms with van der Waals surface area (Å²) < 4.78 is 7.62. The van der Waals surface area contributed by atoms with Crippen LogP contribution < -0.4 is 5.32 Å². The van der Waals surface area contributed by atoms with Gasteiger partial charge >= 0.3 is 0 Å². The first-order valence-electron chi connectivity index (χ1n) is 7.98. The van der Waals surface area contributed by atoms with Crippen molar-refractivity contribution in [1.82, 2.24) is 24.5 Å². The highest BCUT2D eigenvalue weighted by atomic mass is 16.5. The van der Waals surface area contributed by atoms with Crippen LogP contribution in [-0.2, 0) is 4.74 Å². The third-order valence-corrected chi connectivity index (χ3v) is 3.90. The van der Waals surface area contributed by atoms with Crippen molar-refractivity contribution in [2.45, 2.75) is 38.9 Å². The molecule has 2 atom stereocenters. The molecule has 120 valence electrons. The fourth-order valence-corrected chi connectivity index (χ4v) is 3.02. The zero-order chi connectivity index (χ0) is 15.4. The number of morpholine rings is 1. The molecule has 1 aliphatic rings. The highest BCUT2D eigenvalue weighted by Gasteiger charge is 2.21. The minimum absolute atomic E-state index is 0.344. The number of nitrogens with zero attached hydrogens (tertiary/aromatic N) is 5. The summed E-state index contributed by atoms with van der Waals surface area (Å²) in [4.78, 5) is 6.82. The molecule has 2 aromatic rings. The minimum Gasteiger partial charge on any atom is -0.373 e. The summed E-state index contributed by atoms with van der Waals surface area (Å²) >= 11 is 0. The number of anilines is 1. The van der Waals surface area contributed by atoms with Gasteiger partial charge in [0.2, 0.25) is 5.65 Å². The van der Waals surface area contributed by atoms with Crippen molar-refractivity contribution in [1.29, 1.82) is 0 Å².